The van der Waals surface area contributed by atoms with E-state index in [1.54, 1.807) is 72.8 Å². The molecule has 4 aliphatic heterocycles. The minimum Gasteiger partial charge on any atom is -0.497 e. The number of imide groups is 2. The van der Waals surface area contributed by atoms with Gasteiger partial charge in [-0.15, -0.1) is 0 Å². The highest BCUT2D eigenvalue weighted by atomic mass is 28.4. The lowest BCUT2D eigenvalue weighted by molar-refractivity contribution is -0.342. The Hall–Kier alpha value is -7.72. The minimum absolute atomic E-state index is 0.0882. The third kappa shape index (κ3) is 13.6. The SMILES string of the molecule is COc1ccc(OC2OC(CO[Si](C)(C)C(C)(C)C)C(OC3OC(COCc4ccccc4)C(OC(=O)CCC(C)=O)C(OCc4ccccc4)C3N3C(=O)c4ccccc4C3=O)C(OCc3ccccc3)C2N2C(=O)c3ccccc3C2=O)cc1. The predicted molar refractivity (Wildman–Crippen MR) is 316 cm³/mol. The van der Waals surface area contributed by atoms with Gasteiger partial charge in [-0.1, -0.05) is 136 Å². The van der Waals surface area contributed by atoms with Crippen molar-refractivity contribution in [2.45, 2.75) is 140 Å². The number of esters is 1. The molecule has 19 heteroatoms. The smallest absolute Gasteiger partial charge is 0.306 e. The number of amides is 4. The Labute approximate surface area is 501 Å². The summed E-state index contributed by atoms with van der Waals surface area (Å²) in [7, 11) is -1.16. The molecule has 0 spiro atoms. The summed E-state index contributed by atoms with van der Waals surface area (Å²) in [5.41, 5.74) is 2.71. The van der Waals surface area contributed by atoms with E-state index in [1.807, 2.05) is 91.0 Å². The lowest BCUT2D eigenvalue weighted by Crippen LogP contribution is -2.71. The maximum atomic E-state index is 15.2. The lowest BCUT2D eigenvalue weighted by Gasteiger charge is -2.52. The van der Waals surface area contributed by atoms with Gasteiger partial charge in [-0.3, -0.25) is 33.8 Å². The topological polar surface area (TPSA) is 201 Å². The number of rotatable bonds is 24. The van der Waals surface area contributed by atoms with Gasteiger partial charge < -0.3 is 51.9 Å². The van der Waals surface area contributed by atoms with E-state index >= 15 is 19.2 Å². The molecule has 10 unspecified atom stereocenters. The molecule has 4 aliphatic rings. The highest BCUT2D eigenvalue weighted by Crippen LogP contribution is 2.43. The molecule has 4 amide bonds. The normalized spacial score (nSPS) is 23.9. The van der Waals surface area contributed by atoms with Gasteiger partial charge in [0.1, 0.15) is 59.9 Å². The van der Waals surface area contributed by atoms with Crippen molar-refractivity contribution in [3.63, 3.8) is 0 Å². The number of hydrogen-bond acceptors (Lipinski definition) is 16. The van der Waals surface area contributed by atoms with E-state index < -0.39 is 99.2 Å². The molecule has 6 aromatic carbocycles. The zero-order valence-electron chi connectivity index (χ0n) is 49.2. The van der Waals surface area contributed by atoms with E-state index in [-0.39, 0.29) is 79.0 Å². The Kier molecular flexibility index (Phi) is 19.2. The highest BCUT2D eigenvalue weighted by molar-refractivity contribution is 6.74. The third-order valence-corrected chi connectivity index (χ3v) is 20.9. The molecule has 450 valence electrons. The number of nitrogens with zero attached hydrogens (tertiary/aromatic N) is 2. The van der Waals surface area contributed by atoms with Crippen molar-refractivity contribution in [2.24, 2.45) is 0 Å². The summed E-state index contributed by atoms with van der Waals surface area (Å²) in [4.78, 5) is 89.3. The first-order valence-corrected chi connectivity index (χ1v) is 31.8. The molecular weight excluding hydrogens is 1120 g/mol. The van der Waals surface area contributed by atoms with Crippen LogP contribution in [0.2, 0.25) is 18.1 Å². The molecule has 0 saturated carbocycles. The van der Waals surface area contributed by atoms with E-state index in [0.29, 0.717) is 17.1 Å². The fraction of sp³-hybridized carbons (Fsp3) is 0.373. The molecule has 4 heterocycles. The molecule has 2 saturated heterocycles. The number of Topliss-reactive ketones (excluding diaryl/α,β-unsaturated/α-hetero) is 1. The van der Waals surface area contributed by atoms with E-state index in [0.717, 1.165) is 20.9 Å². The molecule has 2 fully saturated rings. The first-order chi connectivity index (χ1) is 41.4. The summed E-state index contributed by atoms with van der Waals surface area (Å²) < 4.78 is 68.3. The maximum Gasteiger partial charge on any atom is 0.306 e. The monoisotopic (exact) mass is 1190 g/mol. The first-order valence-electron chi connectivity index (χ1n) is 28.9. The number of methoxy groups -OCH3 is 1. The molecule has 6 aromatic rings. The predicted octanol–water partition coefficient (Wildman–Crippen LogP) is 9.93. The van der Waals surface area contributed by atoms with Gasteiger partial charge in [-0.05, 0) is 90.3 Å². The second-order valence-electron chi connectivity index (χ2n) is 23.3. The number of fused-ring (bicyclic) bond motifs is 2. The zero-order valence-corrected chi connectivity index (χ0v) is 50.2. The van der Waals surface area contributed by atoms with Gasteiger partial charge in [0.15, 0.2) is 20.7 Å². The van der Waals surface area contributed by atoms with Crippen LogP contribution in [0, 0.1) is 0 Å². The first kappa shape index (κ1) is 61.4. The van der Waals surface area contributed by atoms with Crippen LogP contribution in [0.5, 0.6) is 11.5 Å². The van der Waals surface area contributed by atoms with Crippen molar-refractivity contribution in [1.29, 1.82) is 0 Å². The fourth-order valence-electron chi connectivity index (χ4n) is 10.8. The maximum absolute atomic E-state index is 15.2. The van der Waals surface area contributed by atoms with Gasteiger partial charge in [-0.25, -0.2) is 0 Å². The molecule has 0 radical (unpaired) electrons. The molecule has 0 aliphatic carbocycles. The van der Waals surface area contributed by atoms with Crippen molar-refractivity contribution in [1.82, 2.24) is 9.80 Å². The average molecular weight is 1190 g/mol. The van der Waals surface area contributed by atoms with Crippen LogP contribution in [-0.2, 0) is 67.0 Å². The van der Waals surface area contributed by atoms with Crippen LogP contribution in [-0.4, -0.2) is 135 Å². The minimum atomic E-state index is -2.70. The second kappa shape index (κ2) is 26.9. The molecule has 10 rings (SSSR count). The van der Waals surface area contributed by atoms with Crippen molar-refractivity contribution in [2.75, 3.05) is 20.3 Å². The Bertz CT molecular complexity index is 3290. The summed E-state index contributed by atoms with van der Waals surface area (Å²) in [5.74, 6) is -2.92. The number of ether oxygens (including phenoxy) is 9. The van der Waals surface area contributed by atoms with Crippen molar-refractivity contribution in [3.8, 4) is 11.5 Å². The van der Waals surface area contributed by atoms with Crippen LogP contribution >= 0.6 is 0 Å². The number of ketones is 1. The second-order valence-corrected chi connectivity index (χ2v) is 28.1. The summed E-state index contributed by atoms with van der Waals surface area (Å²) in [6, 6.07) is 44.4. The standard InChI is InChI=1S/C67H72N2O16Si/c1-42(70)31-36-54(71)84-57-52(40-77-37-43-21-11-8-12-22-43)82-66(56(59(57)78-38-44-23-13-9-14-24-44)69-63(74)50-29-19-20-30-51(50)64(69)75)85-58-53(41-80-86(6,7)67(2,3)4)83-65(81-47-34-32-46(76-5)33-35-47)55(60(58)79-39-45-25-15-10-16-26-45)68-61(72)48-27-17-18-28-49(48)62(68)73/h8-30,32-35,52-53,55-60,65-66H,31,36-41H2,1-7H3. The van der Waals surface area contributed by atoms with E-state index in [4.69, 9.17) is 47.1 Å². The van der Waals surface area contributed by atoms with Crippen LogP contribution in [0.4, 0.5) is 0 Å². The quantitative estimate of drug-likeness (QED) is 0.0314. The van der Waals surface area contributed by atoms with Gasteiger partial charge in [0.05, 0.1) is 68.8 Å². The third-order valence-electron chi connectivity index (χ3n) is 16.4. The summed E-state index contributed by atoms with van der Waals surface area (Å²) in [5, 5.41) is -0.320. The van der Waals surface area contributed by atoms with Crippen LogP contribution in [0.1, 0.15) is 98.7 Å². The fourth-order valence-corrected chi connectivity index (χ4v) is 11.8. The van der Waals surface area contributed by atoms with Crippen LogP contribution in [0.3, 0.4) is 0 Å². The number of benzene rings is 6. The highest BCUT2D eigenvalue weighted by Gasteiger charge is 2.61. The molecule has 0 bridgehead atoms. The van der Waals surface area contributed by atoms with Crippen molar-refractivity contribution >= 4 is 43.7 Å². The largest absolute Gasteiger partial charge is 0.497 e. The Morgan fingerprint density at radius 3 is 1.40 bits per heavy atom. The average Bonchev–Trinajstić information content (AvgIpc) is 1.50. The van der Waals surface area contributed by atoms with Crippen LogP contribution < -0.4 is 9.47 Å². The Balaban J connectivity index is 1.16. The summed E-state index contributed by atoms with van der Waals surface area (Å²) in [6.07, 6.45) is -11.8. The summed E-state index contributed by atoms with van der Waals surface area (Å²) >= 11 is 0. The van der Waals surface area contributed by atoms with Crippen LogP contribution in [0.15, 0.2) is 164 Å². The Morgan fingerprint density at radius 1 is 0.512 bits per heavy atom. The lowest BCUT2D eigenvalue weighted by atomic mass is 9.92. The van der Waals surface area contributed by atoms with Crippen molar-refractivity contribution < 1.29 is 75.8 Å². The van der Waals surface area contributed by atoms with E-state index in [2.05, 4.69) is 33.9 Å². The molecule has 0 N–H and O–H groups in total. The van der Waals surface area contributed by atoms with Crippen molar-refractivity contribution in [3.05, 3.63) is 203 Å². The molecule has 18 nitrogen and oxygen atoms in total. The number of hydrogen-bond donors (Lipinski definition) is 0. The molecule has 10 atom stereocenters. The van der Waals surface area contributed by atoms with Gasteiger partial charge in [0.25, 0.3) is 23.6 Å². The van der Waals surface area contributed by atoms with Gasteiger partial charge in [0, 0.05) is 6.42 Å². The van der Waals surface area contributed by atoms with Gasteiger partial charge in [-0.2, -0.15) is 0 Å². The van der Waals surface area contributed by atoms with Crippen LogP contribution in [0.25, 0.3) is 0 Å². The van der Waals surface area contributed by atoms with Gasteiger partial charge >= 0.3 is 5.97 Å². The van der Waals surface area contributed by atoms with E-state index in [1.165, 1.54) is 14.0 Å². The van der Waals surface area contributed by atoms with E-state index in [9.17, 15) is 9.59 Å². The van der Waals surface area contributed by atoms with Gasteiger partial charge in [0.2, 0.25) is 6.29 Å². The molecule has 86 heavy (non-hydrogen) atoms. The number of carbonyl (C=O) groups is 6. The Morgan fingerprint density at radius 2 is 0.930 bits per heavy atom. The summed E-state index contributed by atoms with van der Waals surface area (Å²) in [6.45, 7) is 11.2. The number of carbonyl (C=O) groups excluding carboxylic acids is 6. The molecule has 0 aromatic heterocycles. The molecular formula is C67H72N2O16Si. The zero-order chi connectivity index (χ0) is 60.7.